The molecule has 0 amide bonds. The Morgan fingerprint density at radius 3 is 2.19 bits per heavy atom. The number of unbranched alkanes of at least 4 members (excludes halogenated alkanes) is 5. The highest BCUT2D eigenvalue weighted by atomic mass is 16.5. The predicted molar refractivity (Wildman–Crippen MR) is 105 cm³/mol. The number of benzene rings is 1. The monoisotopic (exact) mass is 354 g/mol. The topological polar surface area (TPSA) is 52.1 Å². The number of rotatable bonds is 11. The van der Waals surface area contributed by atoms with E-state index >= 15 is 0 Å². The molecule has 0 N–H and O–H groups in total. The van der Waals surface area contributed by atoms with Crippen molar-refractivity contribution in [3.05, 3.63) is 42.2 Å². The third-order valence-corrected chi connectivity index (χ3v) is 4.32. The Bertz CT molecular complexity index is 651. The van der Waals surface area contributed by atoms with Crippen LogP contribution in [0, 0.1) is 0 Å². The Balaban J connectivity index is 1.83. The highest BCUT2D eigenvalue weighted by Gasteiger charge is 2.05. The van der Waals surface area contributed by atoms with Crippen LogP contribution in [-0.4, -0.2) is 15.9 Å². The van der Waals surface area contributed by atoms with Crippen LogP contribution in [0.1, 0.15) is 70.8 Å². The first kappa shape index (κ1) is 20.1. The summed E-state index contributed by atoms with van der Waals surface area (Å²) in [5.41, 5.74) is 2.11. The first-order chi connectivity index (χ1) is 12.7. The van der Waals surface area contributed by atoms with E-state index in [2.05, 4.69) is 16.9 Å². The highest BCUT2D eigenvalue weighted by Crippen LogP contribution is 2.20. The number of ether oxygens (including phenoxy) is 1. The number of aromatic nitrogens is 2. The van der Waals surface area contributed by atoms with Gasteiger partial charge in [0.2, 0.25) is 0 Å². The molecule has 4 nitrogen and oxygen atoms in total. The third kappa shape index (κ3) is 6.95. The molecular formula is C22H30N2O2. The standard InChI is InChI=1S/C22H30N2O2/c1-3-5-6-7-8-9-11-18-16-23-22(24-17-18)19-12-14-20(15-13-19)26-21(25)10-4-2/h12-17H,3-11H2,1-2H3. The van der Waals surface area contributed by atoms with Crippen molar-refractivity contribution >= 4 is 5.97 Å². The zero-order chi connectivity index (χ0) is 18.6. The van der Waals surface area contributed by atoms with Crippen LogP contribution in [0.4, 0.5) is 0 Å². The van der Waals surface area contributed by atoms with Gasteiger partial charge in [0, 0.05) is 24.4 Å². The van der Waals surface area contributed by atoms with Crippen LogP contribution in [0.5, 0.6) is 5.75 Å². The minimum atomic E-state index is -0.199. The molecule has 4 heteroatoms. The van der Waals surface area contributed by atoms with E-state index in [9.17, 15) is 4.79 Å². The second-order valence-corrected chi connectivity index (χ2v) is 6.68. The van der Waals surface area contributed by atoms with Crippen molar-refractivity contribution in [2.24, 2.45) is 0 Å². The Hall–Kier alpha value is -2.23. The quantitative estimate of drug-likeness (QED) is 0.293. The average molecular weight is 354 g/mol. The molecule has 0 saturated carbocycles. The SMILES string of the molecule is CCCCCCCCc1cnc(-c2ccc(OC(=O)CCC)cc2)nc1. The van der Waals surface area contributed by atoms with Crippen LogP contribution >= 0.6 is 0 Å². The van der Waals surface area contributed by atoms with Crippen LogP contribution in [-0.2, 0) is 11.2 Å². The zero-order valence-electron chi connectivity index (χ0n) is 16.0. The summed E-state index contributed by atoms with van der Waals surface area (Å²) in [6.45, 7) is 4.20. The van der Waals surface area contributed by atoms with Gasteiger partial charge in [-0.1, -0.05) is 46.0 Å². The van der Waals surface area contributed by atoms with Crippen molar-refractivity contribution in [3.63, 3.8) is 0 Å². The molecule has 2 aromatic rings. The van der Waals surface area contributed by atoms with Crippen molar-refractivity contribution in [2.75, 3.05) is 0 Å². The van der Waals surface area contributed by atoms with Gasteiger partial charge in [0.1, 0.15) is 5.75 Å². The number of hydrogen-bond acceptors (Lipinski definition) is 4. The molecule has 0 fully saturated rings. The third-order valence-electron chi connectivity index (χ3n) is 4.32. The van der Waals surface area contributed by atoms with Gasteiger partial charge < -0.3 is 4.74 Å². The molecule has 0 aliphatic rings. The molecule has 0 spiro atoms. The molecule has 0 atom stereocenters. The van der Waals surface area contributed by atoms with Gasteiger partial charge in [-0.25, -0.2) is 9.97 Å². The fraction of sp³-hybridized carbons (Fsp3) is 0.500. The molecule has 0 unspecified atom stereocenters. The van der Waals surface area contributed by atoms with Gasteiger partial charge in [-0.2, -0.15) is 0 Å². The van der Waals surface area contributed by atoms with Crippen LogP contribution in [0.15, 0.2) is 36.7 Å². The Labute approximate surface area is 157 Å². The smallest absolute Gasteiger partial charge is 0.311 e. The average Bonchev–Trinajstić information content (AvgIpc) is 2.66. The first-order valence-corrected chi connectivity index (χ1v) is 9.85. The zero-order valence-corrected chi connectivity index (χ0v) is 16.0. The van der Waals surface area contributed by atoms with Gasteiger partial charge in [-0.05, 0) is 49.1 Å². The van der Waals surface area contributed by atoms with Crippen LogP contribution in [0.2, 0.25) is 0 Å². The summed E-state index contributed by atoms with van der Waals surface area (Å²) >= 11 is 0. The molecule has 1 heterocycles. The summed E-state index contributed by atoms with van der Waals surface area (Å²) in [6, 6.07) is 7.35. The molecule has 1 aromatic carbocycles. The Kier molecular flexibility index (Phi) is 8.81. The lowest BCUT2D eigenvalue weighted by molar-refractivity contribution is -0.134. The molecule has 0 saturated heterocycles. The maximum Gasteiger partial charge on any atom is 0.311 e. The molecular weight excluding hydrogens is 324 g/mol. The van der Waals surface area contributed by atoms with Crippen molar-refractivity contribution in [2.45, 2.75) is 71.6 Å². The summed E-state index contributed by atoms with van der Waals surface area (Å²) in [6.07, 6.45) is 13.9. The van der Waals surface area contributed by atoms with Gasteiger partial charge in [-0.15, -0.1) is 0 Å². The fourth-order valence-electron chi connectivity index (χ4n) is 2.80. The van der Waals surface area contributed by atoms with Crippen molar-refractivity contribution in [3.8, 4) is 17.1 Å². The van der Waals surface area contributed by atoms with E-state index in [0.717, 1.165) is 18.4 Å². The summed E-state index contributed by atoms with van der Waals surface area (Å²) < 4.78 is 5.26. The van der Waals surface area contributed by atoms with Gasteiger partial charge >= 0.3 is 5.97 Å². The molecule has 140 valence electrons. The lowest BCUT2D eigenvalue weighted by Crippen LogP contribution is -2.06. The normalized spacial score (nSPS) is 10.7. The summed E-state index contributed by atoms with van der Waals surface area (Å²) in [7, 11) is 0. The molecule has 1 aromatic heterocycles. The van der Waals surface area contributed by atoms with Crippen LogP contribution in [0.3, 0.4) is 0 Å². The second kappa shape index (κ2) is 11.4. The summed E-state index contributed by atoms with van der Waals surface area (Å²) in [5.74, 6) is 1.06. The van der Waals surface area contributed by atoms with Gasteiger partial charge in [0.05, 0.1) is 0 Å². The molecule has 0 radical (unpaired) electrons. The number of esters is 1. The Morgan fingerprint density at radius 2 is 1.54 bits per heavy atom. The van der Waals surface area contributed by atoms with E-state index in [-0.39, 0.29) is 5.97 Å². The fourth-order valence-corrected chi connectivity index (χ4v) is 2.80. The lowest BCUT2D eigenvalue weighted by atomic mass is 10.1. The maximum absolute atomic E-state index is 11.5. The number of carbonyl (C=O) groups is 1. The van der Waals surface area contributed by atoms with Gasteiger partial charge in [0.15, 0.2) is 5.82 Å². The van der Waals surface area contributed by atoms with E-state index < -0.39 is 0 Å². The van der Waals surface area contributed by atoms with Crippen molar-refractivity contribution in [1.29, 1.82) is 0 Å². The van der Waals surface area contributed by atoms with E-state index in [0.29, 0.717) is 18.0 Å². The number of carbonyl (C=O) groups excluding carboxylic acids is 1. The summed E-state index contributed by atoms with van der Waals surface area (Å²) in [4.78, 5) is 20.5. The second-order valence-electron chi connectivity index (χ2n) is 6.68. The highest BCUT2D eigenvalue weighted by molar-refractivity contribution is 5.72. The molecule has 0 aliphatic heterocycles. The minimum absolute atomic E-state index is 0.199. The number of aryl methyl sites for hydroxylation is 1. The van der Waals surface area contributed by atoms with Crippen LogP contribution in [0.25, 0.3) is 11.4 Å². The van der Waals surface area contributed by atoms with Crippen molar-refractivity contribution in [1.82, 2.24) is 9.97 Å². The lowest BCUT2D eigenvalue weighted by Gasteiger charge is -2.06. The largest absolute Gasteiger partial charge is 0.427 e. The Morgan fingerprint density at radius 1 is 0.885 bits per heavy atom. The van der Waals surface area contributed by atoms with E-state index in [1.54, 1.807) is 12.1 Å². The predicted octanol–water partition coefficient (Wildman–Crippen LogP) is 5.75. The number of nitrogens with zero attached hydrogens (tertiary/aromatic N) is 2. The molecule has 2 rings (SSSR count). The van der Waals surface area contributed by atoms with E-state index in [1.165, 1.54) is 44.1 Å². The van der Waals surface area contributed by atoms with Gasteiger partial charge in [-0.3, -0.25) is 4.79 Å². The minimum Gasteiger partial charge on any atom is -0.427 e. The molecule has 0 aliphatic carbocycles. The molecule has 26 heavy (non-hydrogen) atoms. The van der Waals surface area contributed by atoms with Gasteiger partial charge in [0.25, 0.3) is 0 Å². The first-order valence-electron chi connectivity index (χ1n) is 9.85. The maximum atomic E-state index is 11.5. The molecule has 0 bridgehead atoms. The van der Waals surface area contributed by atoms with Crippen LogP contribution < -0.4 is 4.74 Å². The van der Waals surface area contributed by atoms with E-state index in [1.807, 2.05) is 31.5 Å². The summed E-state index contributed by atoms with van der Waals surface area (Å²) in [5, 5.41) is 0. The van der Waals surface area contributed by atoms with Crippen molar-refractivity contribution < 1.29 is 9.53 Å². The number of hydrogen-bond donors (Lipinski definition) is 0. The van der Waals surface area contributed by atoms with E-state index in [4.69, 9.17) is 4.74 Å².